The first kappa shape index (κ1) is 19.4. The van der Waals surface area contributed by atoms with Crippen LogP contribution in [0.5, 0.6) is 0 Å². The number of carboxylic acid groups (broad SMARTS) is 1. The molecular formula is C14H15Cl4NO3. The Hall–Kier alpha value is -0.680. The minimum absolute atomic E-state index is 0.144. The van der Waals surface area contributed by atoms with Gasteiger partial charge in [-0.05, 0) is 27.7 Å². The zero-order valence-electron chi connectivity index (χ0n) is 12.4. The van der Waals surface area contributed by atoms with Gasteiger partial charge in [-0.25, -0.2) is 4.79 Å². The second-order valence-corrected chi connectivity index (χ2v) is 6.72. The lowest BCUT2D eigenvalue weighted by molar-refractivity contribution is 0.0619. The molecule has 0 bridgehead atoms. The highest BCUT2D eigenvalue weighted by molar-refractivity contribution is 6.54. The third-order valence-electron chi connectivity index (χ3n) is 3.04. The smallest absolute Gasteiger partial charge is 0.338 e. The highest BCUT2D eigenvalue weighted by Gasteiger charge is 2.32. The van der Waals surface area contributed by atoms with Gasteiger partial charge in [0.05, 0.1) is 31.2 Å². The molecule has 22 heavy (non-hydrogen) atoms. The third-order valence-corrected chi connectivity index (χ3v) is 4.84. The van der Waals surface area contributed by atoms with Crippen molar-refractivity contribution in [1.29, 1.82) is 0 Å². The highest BCUT2D eigenvalue weighted by atomic mass is 35.5. The minimum Gasteiger partial charge on any atom is -0.478 e. The zero-order chi connectivity index (χ0) is 17.4. The summed E-state index contributed by atoms with van der Waals surface area (Å²) in [6.45, 7) is 7.24. The van der Waals surface area contributed by atoms with Gasteiger partial charge < -0.3 is 10.0 Å². The van der Waals surface area contributed by atoms with Gasteiger partial charge in [0.2, 0.25) is 0 Å². The van der Waals surface area contributed by atoms with Crippen LogP contribution in [0.3, 0.4) is 0 Å². The molecular weight excluding hydrogens is 372 g/mol. The summed E-state index contributed by atoms with van der Waals surface area (Å²) in [5.41, 5.74) is -0.701. The summed E-state index contributed by atoms with van der Waals surface area (Å²) < 4.78 is 0. The molecule has 1 aromatic carbocycles. The van der Waals surface area contributed by atoms with Crippen LogP contribution in [0.1, 0.15) is 48.4 Å². The molecule has 1 aromatic rings. The topological polar surface area (TPSA) is 57.6 Å². The van der Waals surface area contributed by atoms with Gasteiger partial charge in [-0.2, -0.15) is 0 Å². The molecule has 0 radical (unpaired) electrons. The number of carboxylic acids is 1. The fourth-order valence-corrected chi connectivity index (χ4v) is 3.24. The number of halogens is 4. The Balaban J connectivity index is 3.72. The van der Waals surface area contributed by atoms with E-state index < -0.39 is 17.4 Å². The Bertz CT molecular complexity index is 621. The van der Waals surface area contributed by atoms with E-state index in [0.29, 0.717) is 0 Å². The number of hydrogen-bond donors (Lipinski definition) is 1. The maximum absolute atomic E-state index is 12.8. The molecule has 1 N–H and O–H groups in total. The lowest BCUT2D eigenvalue weighted by atomic mass is 10.0. The van der Waals surface area contributed by atoms with Crippen LogP contribution in [0.25, 0.3) is 0 Å². The van der Waals surface area contributed by atoms with E-state index in [2.05, 4.69) is 0 Å². The zero-order valence-corrected chi connectivity index (χ0v) is 15.4. The first-order valence-electron chi connectivity index (χ1n) is 6.44. The molecule has 122 valence electrons. The molecule has 0 saturated heterocycles. The first-order chi connectivity index (χ1) is 10.0. The van der Waals surface area contributed by atoms with Gasteiger partial charge in [0.1, 0.15) is 0 Å². The van der Waals surface area contributed by atoms with E-state index in [-0.39, 0.29) is 37.7 Å². The summed E-state index contributed by atoms with van der Waals surface area (Å²) in [4.78, 5) is 25.8. The molecule has 0 atom stereocenters. The second-order valence-electron chi connectivity index (χ2n) is 5.21. The largest absolute Gasteiger partial charge is 0.478 e. The van der Waals surface area contributed by atoms with E-state index in [1.54, 1.807) is 0 Å². The Kier molecular flexibility index (Phi) is 6.39. The molecule has 0 fully saturated rings. The molecule has 4 nitrogen and oxygen atoms in total. The molecule has 1 amide bonds. The Morgan fingerprint density at radius 2 is 1.18 bits per heavy atom. The summed E-state index contributed by atoms with van der Waals surface area (Å²) in [6.07, 6.45) is 0. The number of rotatable bonds is 4. The predicted molar refractivity (Wildman–Crippen MR) is 89.9 cm³/mol. The first-order valence-corrected chi connectivity index (χ1v) is 7.95. The fourth-order valence-electron chi connectivity index (χ4n) is 2.23. The molecule has 0 heterocycles. The third kappa shape index (κ3) is 3.46. The van der Waals surface area contributed by atoms with E-state index in [1.165, 1.54) is 4.90 Å². The second kappa shape index (κ2) is 7.26. The van der Waals surface area contributed by atoms with Gasteiger partial charge in [-0.3, -0.25) is 4.79 Å². The van der Waals surface area contributed by atoms with Crippen LogP contribution >= 0.6 is 46.4 Å². The van der Waals surface area contributed by atoms with Crippen molar-refractivity contribution >= 4 is 58.3 Å². The minimum atomic E-state index is -1.40. The number of amides is 1. The molecule has 0 aromatic heterocycles. The van der Waals surface area contributed by atoms with Gasteiger partial charge in [-0.15, -0.1) is 0 Å². The normalized spacial score (nSPS) is 11.2. The lowest BCUT2D eigenvalue weighted by Gasteiger charge is -2.31. The average Bonchev–Trinajstić information content (AvgIpc) is 2.38. The quantitative estimate of drug-likeness (QED) is 0.567. The van der Waals surface area contributed by atoms with Gasteiger partial charge in [-0.1, -0.05) is 46.4 Å². The molecule has 0 aliphatic carbocycles. The van der Waals surface area contributed by atoms with Crippen molar-refractivity contribution in [3.63, 3.8) is 0 Å². The van der Waals surface area contributed by atoms with Crippen LogP contribution < -0.4 is 0 Å². The van der Waals surface area contributed by atoms with Crippen molar-refractivity contribution in [3.05, 3.63) is 31.2 Å². The number of nitrogens with zero attached hydrogens (tertiary/aromatic N) is 1. The number of aromatic carboxylic acids is 1. The SMILES string of the molecule is CC(C)N(C(=O)c1c(Cl)c(Cl)c(Cl)c(Cl)c1C(=O)O)C(C)C. The lowest BCUT2D eigenvalue weighted by Crippen LogP contribution is -2.42. The summed E-state index contributed by atoms with van der Waals surface area (Å²) in [7, 11) is 0. The van der Waals surface area contributed by atoms with Crippen LogP contribution in [0.15, 0.2) is 0 Å². The van der Waals surface area contributed by atoms with Gasteiger partial charge in [0.25, 0.3) is 5.91 Å². The van der Waals surface area contributed by atoms with Crippen LogP contribution in [0.2, 0.25) is 20.1 Å². The average molecular weight is 387 g/mol. The van der Waals surface area contributed by atoms with E-state index in [0.717, 1.165) is 0 Å². The van der Waals surface area contributed by atoms with Crippen LogP contribution in [0.4, 0.5) is 0 Å². The van der Waals surface area contributed by atoms with E-state index in [9.17, 15) is 14.7 Å². The Labute approximate surface area is 148 Å². The van der Waals surface area contributed by atoms with E-state index >= 15 is 0 Å². The standard InChI is InChI=1S/C14H15Cl4NO3/c1-5(2)19(6(3)4)13(20)7-8(14(21)22)10(16)12(18)11(17)9(7)15/h5-6H,1-4H3,(H,21,22). The fraction of sp³-hybridized carbons (Fsp3) is 0.429. The van der Waals surface area contributed by atoms with Gasteiger partial charge >= 0.3 is 5.97 Å². The molecule has 1 rings (SSSR count). The van der Waals surface area contributed by atoms with Crippen molar-refractivity contribution in [2.75, 3.05) is 0 Å². The Morgan fingerprint density at radius 3 is 1.50 bits per heavy atom. The van der Waals surface area contributed by atoms with Crippen molar-refractivity contribution in [3.8, 4) is 0 Å². The summed E-state index contributed by atoms with van der Waals surface area (Å²) in [5, 5.41) is 8.52. The summed E-state index contributed by atoms with van der Waals surface area (Å²) in [5.74, 6) is -1.96. The van der Waals surface area contributed by atoms with E-state index in [4.69, 9.17) is 46.4 Å². The van der Waals surface area contributed by atoms with Crippen LogP contribution in [-0.4, -0.2) is 34.0 Å². The number of carbonyl (C=O) groups is 2. The highest BCUT2D eigenvalue weighted by Crippen LogP contribution is 2.42. The number of benzene rings is 1. The predicted octanol–water partition coefficient (Wildman–Crippen LogP) is 5.26. The molecule has 0 unspecified atom stereocenters. The van der Waals surface area contributed by atoms with Crippen molar-refractivity contribution < 1.29 is 14.7 Å². The van der Waals surface area contributed by atoms with Crippen molar-refractivity contribution in [2.45, 2.75) is 39.8 Å². The molecule has 0 spiro atoms. The number of hydrogen-bond acceptors (Lipinski definition) is 2. The van der Waals surface area contributed by atoms with E-state index in [1.807, 2.05) is 27.7 Å². The van der Waals surface area contributed by atoms with Gasteiger partial charge in [0.15, 0.2) is 0 Å². The van der Waals surface area contributed by atoms with Crippen molar-refractivity contribution in [1.82, 2.24) is 4.90 Å². The molecule has 8 heteroatoms. The van der Waals surface area contributed by atoms with Crippen LogP contribution in [-0.2, 0) is 0 Å². The van der Waals surface area contributed by atoms with Crippen LogP contribution in [0, 0.1) is 0 Å². The van der Waals surface area contributed by atoms with Crippen molar-refractivity contribution in [2.24, 2.45) is 0 Å². The van der Waals surface area contributed by atoms with Gasteiger partial charge in [0, 0.05) is 12.1 Å². The number of carbonyl (C=O) groups excluding carboxylic acids is 1. The Morgan fingerprint density at radius 1 is 0.818 bits per heavy atom. The molecule has 0 aliphatic heterocycles. The molecule has 0 aliphatic rings. The summed E-state index contributed by atoms with van der Waals surface area (Å²) in [6, 6.07) is -0.336. The monoisotopic (exact) mass is 385 g/mol. The molecule has 0 saturated carbocycles. The maximum Gasteiger partial charge on any atom is 0.338 e. The summed E-state index contributed by atoms with van der Waals surface area (Å²) >= 11 is 23.9. The maximum atomic E-state index is 12.8.